The van der Waals surface area contributed by atoms with E-state index in [-0.39, 0.29) is 0 Å². The lowest BCUT2D eigenvalue weighted by molar-refractivity contribution is 0.0755. The van der Waals surface area contributed by atoms with Crippen molar-refractivity contribution in [1.82, 2.24) is 10.2 Å². The van der Waals surface area contributed by atoms with Gasteiger partial charge in [-0.2, -0.15) is 0 Å². The summed E-state index contributed by atoms with van der Waals surface area (Å²) in [4.78, 5) is 6.28. The largest absolute Gasteiger partial charge is 0.381 e. The number of benzene rings is 1. The second-order valence-electron chi connectivity index (χ2n) is 6.42. The number of nitrogens with one attached hydrogen (secondary N) is 1. The zero-order chi connectivity index (χ0) is 18.5. The third-order valence-corrected chi connectivity index (χ3v) is 7.60. The van der Waals surface area contributed by atoms with E-state index < -0.39 is 14.6 Å². The second-order valence-corrected chi connectivity index (χ2v) is 9.68. The molecule has 1 aliphatic rings. The number of ether oxygens (including phenoxy) is 1. The molecule has 1 heterocycles. The van der Waals surface area contributed by atoms with E-state index in [0.29, 0.717) is 45.1 Å². The van der Waals surface area contributed by atoms with Gasteiger partial charge >= 0.3 is 0 Å². The number of aliphatic imine (C=N–C) groups is 1. The lowest BCUT2D eigenvalue weighted by atomic mass is 9.99. The zero-order valence-electron chi connectivity index (χ0n) is 15.0. The van der Waals surface area contributed by atoms with E-state index in [2.05, 4.69) is 26.2 Å². The molecule has 1 aromatic carbocycles. The lowest BCUT2D eigenvalue weighted by Crippen LogP contribution is -2.53. The molecule has 0 aromatic heterocycles. The van der Waals surface area contributed by atoms with Crippen LogP contribution in [0.2, 0.25) is 0 Å². The van der Waals surface area contributed by atoms with Gasteiger partial charge in [0, 0.05) is 51.1 Å². The zero-order valence-corrected chi connectivity index (χ0v) is 17.4. The number of nitrogens with zero attached hydrogens (tertiary/aromatic N) is 2. The van der Waals surface area contributed by atoms with Crippen molar-refractivity contribution in [2.45, 2.75) is 24.1 Å². The van der Waals surface area contributed by atoms with Crippen LogP contribution in [-0.4, -0.2) is 64.1 Å². The maximum Gasteiger partial charge on any atom is 0.193 e. The standard InChI is InChI=1S/C17H26BrN3O3S/c1-19-16(21(2)12-14-6-4-5-7-15(14)18)20-13-17(25(3,22)23)8-10-24-11-9-17/h4-7H,8-13H2,1-3H3,(H,19,20). The molecule has 0 bridgehead atoms. The van der Waals surface area contributed by atoms with E-state index in [0.717, 1.165) is 10.0 Å². The van der Waals surface area contributed by atoms with Gasteiger partial charge in [0.2, 0.25) is 0 Å². The fraction of sp³-hybridized carbons (Fsp3) is 0.588. The number of rotatable bonds is 5. The molecule has 0 atom stereocenters. The number of sulfone groups is 1. The Kier molecular flexibility index (Phi) is 6.87. The average Bonchev–Trinajstić information content (AvgIpc) is 2.57. The highest BCUT2D eigenvalue weighted by Gasteiger charge is 2.42. The summed E-state index contributed by atoms with van der Waals surface area (Å²) in [6.07, 6.45) is 2.32. The predicted molar refractivity (Wildman–Crippen MR) is 105 cm³/mol. The first-order valence-corrected chi connectivity index (χ1v) is 10.9. The van der Waals surface area contributed by atoms with Gasteiger partial charge in [0.05, 0.1) is 4.75 Å². The fourth-order valence-electron chi connectivity index (χ4n) is 3.00. The summed E-state index contributed by atoms with van der Waals surface area (Å²) in [5.74, 6) is 0.672. The average molecular weight is 432 g/mol. The van der Waals surface area contributed by atoms with Crippen LogP contribution in [0.4, 0.5) is 0 Å². The minimum Gasteiger partial charge on any atom is -0.381 e. The molecule has 25 heavy (non-hydrogen) atoms. The summed E-state index contributed by atoms with van der Waals surface area (Å²) < 4.78 is 30.3. The van der Waals surface area contributed by atoms with Crippen LogP contribution in [0, 0.1) is 0 Å². The Labute approximate surface area is 158 Å². The van der Waals surface area contributed by atoms with E-state index >= 15 is 0 Å². The van der Waals surface area contributed by atoms with Gasteiger partial charge in [-0.1, -0.05) is 34.1 Å². The van der Waals surface area contributed by atoms with Crippen molar-refractivity contribution >= 4 is 31.7 Å². The van der Waals surface area contributed by atoms with Crippen molar-refractivity contribution in [2.75, 3.05) is 40.1 Å². The van der Waals surface area contributed by atoms with E-state index in [1.807, 2.05) is 36.2 Å². The first-order chi connectivity index (χ1) is 11.8. The van der Waals surface area contributed by atoms with Gasteiger partial charge in [0.25, 0.3) is 0 Å². The van der Waals surface area contributed by atoms with Crippen molar-refractivity contribution in [2.24, 2.45) is 4.99 Å². The topological polar surface area (TPSA) is 71.0 Å². The molecule has 0 amide bonds. The first kappa shape index (κ1) is 20.2. The highest BCUT2D eigenvalue weighted by molar-refractivity contribution is 9.10. The molecule has 1 N–H and O–H groups in total. The van der Waals surface area contributed by atoms with Crippen LogP contribution in [0.3, 0.4) is 0 Å². The molecule has 1 fully saturated rings. The van der Waals surface area contributed by atoms with Gasteiger partial charge in [0.1, 0.15) is 0 Å². The van der Waals surface area contributed by atoms with Crippen LogP contribution in [0.5, 0.6) is 0 Å². The van der Waals surface area contributed by atoms with Crippen molar-refractivity contribution in [1.29, 1.82) is 0 Å². The van der Waals surface area contributed by atoms with Gasteiger partial charge in [-0.15, -0.1) is 0 Å². The normalized spacial score (nSPS) is 18.0. The Bertz CT molecular complexity index is 716. The Morgan fingerprint density at radius 3 is 2.56 bits per heavy atom. The Morgan fingerprint density at radius 2 is 2.00 bits per heavy atom. The number of guanidine groups is 1. The molecule has 8 heteroatoms. The molecule has 1 aromatic rings. The van der Waals surface area contributed by atoms with Crippen molar-refractivity contribution in [3.05, 3.63) is 34.3 Å². The molecule has 140 valence electrons. The van der Waals surface area contributed by atoms with Gasteiger partial charge < -0.3 is 15.0 Å². The lowest BCUT2D eigenvalue weighted by Gasteiger charge is -2.36. The maximum absolute atomic E-state index is 12.4. The summed E-state index contributed by atoms with van der Waals surface area (Å²) in [5.41, 5.74) is 1.14. The molecular formula is C17H26BrN3O3S. The quantitative estimate of drug-likeness (QED) is 0.570. The van der Waals surface area contributed by atoms with Gasteiger partial charge in [-0.25, -0.2) is 8.42 Å². The van der Waals surface area contributed by atoms with E-state index in [9.17, 15) is 8.42 Å². The molecule has 6 nitrogen and oxygen atoms in total. The van der Waals surface area contributed by atoms with Crippen molar-refractivity contribution < 1.29 is 13.2 Å². The smallest absolute Gasteiger partial charge is 0.193 e. The van der Waals surface area contributed by atoms with Gasteiger partial charge in [-0.3, -0.25) is 4.99 Å². The van der Waals surface area contributed by atoms with Gasteiger partial charge in [-0.05, 0) is 24.5 Å². The molecule has 0 unspecified atom stereocenters. The monoisotopic (exact) mass is 431 g/mol. The van der Waals surface area contributed by atoms with Crippen LogP contribution in [-0.2, 0) is 21.1 Å². The van der Waals surface area contributed by atoms with E-state index in [1.54, 1.807) is 7.05 Å². The molecule has 1 saturated heterocycles. The SMILES string of the molecule is CN=C(NCC1(S(C)(=O)=O)CCOCC1)N(C)Cc1ccccc1Br. The van der Waals surface area contributed by atoms with Crippen LogP contribution in [0.1, 0.15) is 18.4 Å². The number of halogens is 1. The fourth-order valence-corrected chi connectivity index (χ4v) is 4.66. The molecule has 2 rings (SSSR count). The number of hydrogen-bond donors (Lipinski definition) is 1. The molecule has 0 spiro atoms. The summed E-state index contributed by atoms with van der Waals surface area (Å²) in [5, 5.41) is 3.25. The van der Waals surface area contributed by atoms with E-state index in [1.165, 1.54) is 6.26 Å². The summed E-state index contributed by atoms with van der Waals surface area (Å²) in [7, 11) is 0.435. The minimum absolute atomic E-state index is 0.335. The summed E-state index contributed by atoms with van der Waals surface area (Å²) >= 11 is 3.55. The van der Waals surface area contributed by atoms with Crippen LogP contribution in [0.15, 0.2) is 33.7 Å². The predicted octanol–water partition coefficient (Wildman–Crippen LogP) is 2.05. The van der Waals surface area contributed by atoms with Gasteiger partial charge in [0.15, 0.2) is 15.8 Å². The Balaban J connectivity index is 2.07. The highest BCUT2D eigenvalue weighted by Crippen LogP contribution is 2.28. The van der Waals surface area contributed by atoms with Crippen LogP contribution >= 0.6 is 15.9 Å². The van der Waals surface area contributed by atoms with E-state index in [4.69, 9.17) is 4.74 Å². The van der Waals surface area contributed by atoms with Crippen molar-refractivity contribution in [3.63, 3.8) is 0 Å². The molecule has 0 saturated carbocycles. The first-order valence-electron chi connectivity index (χ1n) is 8.22. The Morgan fingerprint density at radius 1 is 1.36 bits per heavy atom. The third kappa shape index (κ3) is 4.95. The van der Waals surface area contributed by atoms with Crippen LogP contribution < -0.4 is 5.32 Å². The second kappa shape index (κ2) is 8.51. The molecule has 0 radical (unpaired) electrons. The van der Waals surface area contributed by atoms with Crippen LogP contribution in [0.25, 0.3) is 0 Å². The maximum atomic E-state index is 12.4. The molecular weight excluding hydrogens is 406 g/mol. The molecule has 0 aliphatic carbocycles. The highest BCUT2D eigenvalue weighted by atomic mass is 79.9. The summed E-state index contributed by atoms with van der Waals surface area (Å²) in [6, 6.07) is 8.01. The molecule has 1 aliphatic heterocycles. The third-order valence-electron chi connectivity index (χ3n) is 4.70. The Hall–Kier alpha value is -1.12. The summed E-state index contributed by atoms with van der Waals surface area (Å²) in [6.45, 7) is 1.94. The number of hydrogen-bond acceptors (Lipinski definition) is 4. The minimum atomic E-state index is -3.21. The van der Waals surface area contributed by atoms with Crippen molar-refractivity contribution in [3.8, 4) is 0 Å².